The average molecular weight is 228 g/mol. The van der Waals surface area contributed by atoms with Gasteiger partial charge in [0.2, 0.25) is 0 Å². The Morgan fingerprint density at radius 3 is 2.24 bits per heavy atom. The molecular formula is C13H12N2O2. The zero-order valence-corrected chi connectivity index (χ0v) is 9.30. The van der Waals surface area contributed by atoms with Crippen LogP contribution in [0.1, 0.15) is 6.42 Å². The number of rotatable bonds is 0. The third-order valence-electron chi connectivity index (χ3n) is 3.10. The van der Waals surface area contributed by atoms with Gasteiger partial charge in [-0.1, -0.05) is 24.3 Å². The van der Waals surface area contributed by atoms with Gasteiger partial charge in [-0.25, -0.2) is 9.36 Å². The summed E-state index contributed by atoms with van der Waals surface area (Å²) in [5.74, 6) is 0. The summed E-state index contributed by atoms with van der Waals surface area (Å²) in [4.78, 5) is 24.5. The Labute approximate surface area is 97.4 Å². The molecule has 0 saturated heterocycles. The van der Waals surface area contributed by atoms with Crippen molar-refractivity contribution in [2.24, 2.45) is 0 Å². The van der Waals surface area contributed by atoms with Gasteiger partial charge in [0, 0.05) is 6.54 Å². The van der Waals surface area contributed by atoms with Crippen LogP contribution in [0.3, 0.4) is 0 Å². The van der Waals surface area contributed by atoms with Crippen LogP contribution in [0.15, 0.2) is 46.0 Å². The van der Waals surface area contributed by atoms with Crippen LogP contribution in [0.4, 0.5) is 0 Å². The molecule has 0 radical (unpaired) electrons. The molecule has 0 amide bonds. The SMILES string of the molecule is O=c1c2ccccc2c(=O)n2n1CC=CCC2. The minimum atomic E-state index is -0.0910. The molecule has 0 bridgehead atoms. The maximum absolute atomic E-state index is 12.3. The number of hydrogen-bond acceptors (Lipinski definition) is 2. The topological polar surface area (TPSA) is 44.0 Å². The van der Waals surface area contributed by atoms with Crippen molar-refractivity contribution in [3.05, 3.63) is 57.1 Å². The highest BCUT2D eigenvalue weighted by Crippen LogP contribution is 2.05. The lowest BCUT2D eigenvalue weighted by Crippen LogP contribution is -2.37. The highest BCUT2D eigenvalue weighted by atomic mass is 16.2. The molecule has 0 unspecified atom stereocenters. The number of fused-ring (bicyclic) bond motifs is 2. The van der Waals surface area contributed by atoms with E-state index in [1.54, 1.807) is 28.9 Å². The molecule has 2 aromatic rings. The van der Waals surface area contributed by atoms with Gasteiger partial charge in [-0.3, -0.25) is 9.59 Å². The van der Waals surface area contributed by atoms with Crippen molar-refractivity contribution in [3.63, 3.8) is 0 Å². The predicted octanol–water partition coefficient (Wildman–Crippen LogP) is 1.12. The van der Waals surface area contributed by atoms with Crippen LogP contribution in [0, 0.1) is 0 Å². The summed E-state index contributed by atoms with van der Waals surface area (Å²) < 4.78 is 3.07. The molecule has 86 valence electrons. The quantitative estimate of drug-likeness (QED) is 0.634. The molecule has 0 fully saturated rings. The maximum atomic E-state index is 12.3. The molecule has 17 heavy (non-hydrogen) atoms. The predicted molar refractivity (Wildman–Crippen MR) is 66.2 cm³/mol. The summed E-state index contributed by atoms with van der Waals surface area (Å²) in [5.41, 5.74) is -0.171. The minimum absolute atomic E-state index is 0.0797. The second kappa shape index (κ2) is 3.73. The van der Waals surface area contributed by atoms with Gasteiger partial charge in [0.1, 0.15) is 0 Å². The molecule has 0 N–H and O–H groups in total. The smallest absolute Gasteiger partial charge is 0.267 e. The minimum Gasteiger partial charge on any atom is -0.267 e. The van der Waals surface area contributed by atoms with Gasteiger partial charge in [0.05, 0.1) is 17.3 Å². The zero-order valence-electron chi connectivity index (χ0n) is 9.30. The molecular weight excluding hydrogens is 216 g/mol. The molecule has 1 aromatic heterocycles. The summed E-state index contributed by atoms with van der Waals surface area (Å²) >= 11 is 0. The third kappa shape index (κ3) is 1.45. The highest BCUT2D eigenvalue weighted by Gasteiger charge is 2.12. The normalized spacial score (nSPS) is 14.6. The highest BCUT2D eigenvalue weighted by molar-refractivity contribution is 5.80. The summed E-state index contributed by atoms with van der Waals surface area (Å²) in [6.07, 6.45) is 4.72. The lowest BCUT2D eigenvalue weighted by Gasteiger charge is -2.12. The summed E-state index contributed by atoms with van der Waals surface area (Å²) in [6.45, 7) is 1.04. The van der Waals surface area contributed by atoms with Crippen molar-refractivity contribution in [3.8, 4) is 0 Å². The Hall–Kier alpha value is -2.10. The fraction of sp³-hybridized carbons (Fsp3) is 0.231. The molecule has 3 rings (SSSR count). The van der Waals surface area contributed by atoms with Crippen LogP contribution in [-0.2, 0) is 13.1 Å². The second-order valence-electron chi connectivity index (χ2n) is 4.12. The number of allylic oxidation sites excluding steroid dienone is 2. The summed E-state index contributed by atoms with van der Waals surface area (Å²) in [6, 6.07) is 7.00. The van der Waals surface area contributed by atoms with Crippen LogP contribution in [0.2, 0.25) is 0 Å². The molecule has 4 heteroatoms. The van der Waals surface area contributed by atoms with Crippen molar-refractivity contribution >= 4 is 10.8 Å². The first-order valence-electron chi connectivity index (χ1n) is 5.67. The molecule has 1 aromatic carbocycles. The van der Waals surface area contributed by atoms with Crippen LogP contribution in [0.25, 0.3) is 10.8 Å². The monoisotopic (exact) mass is 228 g/mol. The zero-order chi connectivity index (χ0) is 11.8. The van der Waals surface area contributed by atoms with Crippen molar-refractivity contribution < 1.29 is 0 Å². The molecule has 0 spiro atoms. The molecule has 1 aliphatic rings. The Kier molecular flexibility index (Phi) is 2.21. The van der Waals surface area contributed by atoms with E-state index in [9.17, 15) is 9.59 Å². The van der Waals surface area contributed by atoms with Crippen LogP contribution in [0.5, 0.6) is 0 Å². The van der Waals surface area contributed by atoms with Crippen molar-refractivity contribution in [2.45, 2.75) is 19.5 Å². The van der Waals surface area contributed by atoms with E-state index in [0.29, 0.717) is 23.9 Å². The first-order valence-corrected chi connectivity index (χ1v) is 5.67. The molecule has 0 aliphatic carbocycles. The average Bonchev–Trinajstić information content (AvgIpc) is 2.62. The first-order chi connectivity index (χ1) is 8.29. The van der Waals surface area contributed by atoms with Crippen LogP contribution < -0.4 is 11.1 Å². The Bertz CT molecular complexity index is 722. The number of aromatic nitrogens is 2. The fourth-order valence-electron chi connectivity index (χ4n) is 2.25. The number of nitrogens with zero attached hydrogens (tertiary/aromatic N) is 2. The number of hydrogen-bond donors (Lipinski definition) is 0. The lowest BCUT2D eigenvalue weighted by molar-refractivity contribution is 0.462. The summed E-state index contributed by atoms with van der Waals surface area (Å²) in [7, 11) is 0. The van der Waals surface area contributed by atoms with Gasteiger partial charge < -0.3 is 0 Å². The Morgan fingerprint density at radius 1 is 0.882 bits per heavy atom. The van der Waals surface area contributed by atoms with Gasteiger partial charge in [-0.15, -0.1) is 0 Å². The maximum Gasteiger partial charge on any atom is 0.273 e. The fourth-order valence-corrected chi connectivity index (χ4v) is 2.25. The molecule has 4 nitrogen and oxygen atoms in total. The van der Waals surface area contributed by atoms with E-state index in [4.69, 9.17) is 0 Å². The van der Waals surface area contributed by atoms with Crippen LogP contribution >= 0.6 is 0 Å². The van der Waals surface area contributed by atoms with E-state index in [-0.39, 0.29) is 11.1 Å². The molecule has 0 atom stereocenters. The van der Waals surface area contributed by atoms with Crippen molar-refractivity contribution in [2.75, 3.05) is 0 Å². The second-order valence-corrected chi connectivity index (χ2v) is 4.12. The Balaban J connectivity index is 2.50. The van der Waals surface area contributed by atoms with Crippen LogP contribution in [-0.4, -0.2) is 9.36 Å². The Morgan fingerprint density at radius 2 is 1.53 bits per heavy atom. The van der Waals surface area contributed by atoms with Gasteiger partial charge >= 0.3 is 0 Å². The van der Waals surface area contributed by atoms with Gasteiger partial charge in [0.25, 0.3) is 11.1 Å². The van der Waals surface area contributed by atoms with E-state index in [1.807, 2.05) is 12.2 Å². The van der Waals surface area contributed by atoms with Gasteiger partial charge in [-0.05, 0) is 18.6 Å². The van der Waals surface area contributed by atoms with Crippen molar-refractivity contribution in [1.82, 2.24) is 9.36 Å². The van der Waals surface area contributed by atoms with E-state index >= 15 is 0 Å². The van der Waals surface area contributed by atoms with E-state index in [0.717, 1.165) is 6.42 Å². The van der Waals surface area contributed by atoms with Crippen molar-refractivity contribution in [1.29, 1.82) is 0 Å². The molecule has 2 heterocycles. The largest absolute Gasteiger partial charge is 0.273 e. The van der Waals surface area contributed by atoms with Gasteiger partial charge in [0.15, 0.2) is 0 Å². The van der Waals surface area contributed by atoms with E-state index in [1.165, 1.54) is 4.68 Å². The van der Waals surface area contributed by atoms with E-state index < -0.39 is 0 Å². The van der Waals surface area contributed by atoms with Gasteiger partial charge in [-0.2, -0.15) is 0 Å². The summed E-state index contributed by atoms with van der Waals surface area (Å²) in [5, 5.41) is 1.01. The van der Waals surface area contributed by atoms with E-state index in [2.05, 4.69) is 0 Å². The lowest BCUT2D eigenvalue weighted by atomic mass is 10.2. The standard InChI is InChI=1S/C13H12N2O2/c16-12-10-6-2-3-7-11(10)13(17)15-9-5-1-4-8-14(12)15/h1-4,6-7H,5,8-9H2. The first kappa shape index (κ1) is 10.1. The number of benzene rings is 1. The molecule has 0 saturated carbocycles. The third-order valence-corrected chi connectivity index (χ3v) is 3.10. The molecule has 1 aliphatic heterocycles.